The Kier molecular flexibility index (Phi) is 5.33. The van der Waals surface area contributed by atoms with Crippen LogP contribution in [-0.2, 0) is 21.2 Å². The molecule has 0 bridgehead atoms. The number of hydrogen-bond acceptors (Lipinski definition) is 6. The molecule has 0 aliphatic heterocycles. The van der Waals surface area contributed by atoms with Crippen LogP contribution in [0.3, 0.4) is 0 Å². The Morgan fingerprint density at radius 3 is 2.37 bits per heavy atom. The van der Waals surface area contributed by atoms with Crippen LogP contribution in [0.4, 0.5) is 0 Å². The summed E-state index contributed by atoms with van der Waals surface area (Å²) in [5.41, 5.74) is 1.54. The molecule has 0 aliphatic rings. The standard InChI is InChI=1S/C18H18N4O4S/c1-2-26-18(23)17-20-16(12-13-6-4-3-5-7-13)22(21-17)14-8-10-15(11-9-14)27(19,24)25/h3-11H,2,12H2,1H3,(H2,19,24,25). The van der Waals surface area contributed by atoms with Crippen LogP contribution in [0.5, 0.6) is 0 Å². The number of hydrogen-bond donors (Lipinski definition) is 1. The summed E-state index contributed by atoms with van der Waals surface area (Å²) in [7, 11) is -3.80. The average molecular weight is 386 g/mol. The van der Waals surface area contributed by atoms with Gasteiger partial charge in [0.1, 0.15) is 5.82 Å². The summed E-state index contributed by atoms with van der Waals surface area (Å²) in [4.78, 5) is 16.3. The zero-order chi connectivity index (χ0) is 19.4. The third-order valence-electron chi connectivity index (χ3n) is 3.75. The van der Waals surface area contributed by atoms with Crippen molar-refractivity contribution in [1.82, 2.24) is 14.8 Å². The molecule has 0 radical (unpaired) electrons. The highest BCUT2D eigenvalue weighted by Crippen LogP contribution is 2.17. The predicted molar refractivity (Wildman–Crippen MR) is 97.9 cm³/mol. The molecule has 9 heteroatoms. The van der Waals surface area contributed by atoms with Gasteiger partial charge in [0.15, 0.2) is 0 Å². The summed E-state index contributed by atoms with van der Waals surface area (Å²) in [6, 6.07) is 15.5. The molecular formula is C18H18N4O4S. The number of benzene rings is 2. The van der Waals surface area contributed by atoms with Gasteiger partial charge in [0.2, 0.25) is 10.0 Å². The second kappa shape index (κ2) is 7.68. The quantitative estimate of drug-likeness (QED) is 0.644. The molecule has 0 spiro atoms. The molecule has 8 nitrogen and oxygen atoms in total. The first-order valence-corrected chi connectivity index (χ1v) is 9.73. The van der Waals surface area contributed by atoms with Gasteiger partial charge in [-0.05, 0) is 36.8 Å². The summed E-state index contributed by atoms with van der Waals surface area (Å²) in [5.74, 6) is -0.155. The van der Waals surface area contributed by atoms with Gasteiger partial charge in [-0.2, -0.15) is 0 Å². The maximum atomic E-state index is 12.0. The molecule has 3 rings (SSSR count). The second-order valence-corrected chi connectivity index (χ2v) is 7.25. The first-order chi connectivity index (χ1) is 12.9. The lowest BCUT2D eigenvalue weighted by molar-refractivity contribution is 0.0512. The van der Waals surface area contributed by atoms with E-state index in [1.165, 1.54) is 16.8 Å². The van der Waals surface area contributed by atoms with Crippen molar-refractivity contribution in [2.24, 2.45) is 5.14 Å². The van der Waals surface area contributed by atoms with Crippen LogP contribution in [0.1, 0.15) is 28.9 Å². The Balaban J connectivity index is 2.02. The lowest BCUT2D eigenvalue weighted by atomic mass is 10.1. The molecule has 0 fully saturated rings. The summed E-state index contributed by atoms with van der Waals surface area (Å²) >= 11 is 0. The van der Waals surface area contributed by atoms with Crippen LogP contribution < -0.4 is 5.14 Å². The number of nitrogens with two attached hydrogens (primary N) is 1. The number of primary sulfonamides is 1. The van der Waals surface area contributed by atoms with Gasteiger partial charge in [-0.1, -0.05) is 30.3 Å². The van der Waals surface area contributed by atoms with Gasteiger partial charge in [-0.15, -0.1) is 5.10 Å². The van der Waals surface area contributed by atoms with Crippen molar-refractivity contribution in [2.75, 3.05) is 6.61 Å². The third-order valence-corrected chi connectivity index (χ3v) is 4.68. The minimum atomic E-state index is -3.80. The van der Waals surface area contributed by atoms with Gasteiger partial charge in [0.25, 0.3) is 5.82 Å². The molecule has 0 unspecified atom stereocenters. The van der Waals surface area contributed by atoms with Crippen LogP contribution in [0.25, 0.3) is 5.69 Å². The van der Waals surface area contributed by atoms with Gasteiger partial charge in [-0.3, -0.25) is 0 Å². The first-order valence-electron chi connectivity index (χ1n) is 8.18. The highest BCUT2D eigenvalue weighted by Gasteiger charge is 2.19. The maximum absolute atomic E-state index is 12.0. The monoisotopic (exact) mass is 386 g/mol. The van der Waals surface area contributed by atoms with Gasteiger partial charge in [0, 0.05) is 6.42 Å². The lowest BCUT2D eigenvalue weighted by Gasteiger charge is -2.07. The van der Waals surface area contributed by atoms with E-state index >= 15 is 0 Å². The topological polar surface area (TPSA) is 117 Å². The smallest absolute Gasteiger partial charge is 0.378 e. The highest BCUT2D eigenvalue weighted by atomic mass is 32.2. The molecule has 1 heterocycles. The number of rotatable bonds is 6. The zero-order valence-corrected chi connectivity index (χ0v) is 15.4. The number of sulfonamides is 1. The van der Waals surface area contributed by atoms with Crippen molar-refractivity contribution in [3.63, 3.8) is 0 Å². The van der Waals surface area contributed by atoms with Crippen LogP contribution in [-0.4, -0.2) is 35.8 Å². The number of nitrogens with zero attached hydrogens (tertiary/aromatic N) is 3. The number of esters is 1. The van der Waals surface area contributed by atoms with E-state index in [4.69, 9.17) is 9.88 Å². The number of carbonyl (C=O) groups is 1. The minimum absolute atomic E-state index is 0.0124. The molecule has 3 aromatic rings. The molecule has 2 N–H and O–H groups in total. The molecule has 0 atom stereocenters. The van der Waals surface area contributed by atoms with E-state index in [9.17, 15) is 13.2 Å². The van der Waals surface area contributed by atoms with Crippen molar-refractivity contribution in [2.45, 2.75) is 18.2 Å². The number of carbonyl (C=O) groups excluding carboxylic acids is 1. The van der Waals surface area contributed by atoms with E-state index in [2.05, 4.69) is 10.1 Å². The summed E-state index contributed by atoms with van der Waals surface area (Å²) in [6.07, 6.45) is 0.435. The molecule has 0 saturated heterocycles. The Morgan fingerprint density at radius 1 is 1.11 bits per heavy atom. The predicted octanol–water partition coefficient (Wildman–Crippen LogP) is 1.68. The average Bonchev–Trinajstić information content (AvgIpc) is 3.06. The minimum Gasteiger partial charge on any atom is -0.460 e. The fourth-order valence-electron chi connectivity index (χ4n) is 2.50. The van der Waals surface area contributed by atoms with E-state index in [0.717, 1.165) is 5.56 Å². The first kappa shape index (κ1) is 18.7. The molecule has 27 heavy (non-hydrogen) atoms. The van der Waals surface area contributed by atoms with E-state index in [1.54, 1.807) is 19.1 Å². The maximum Gasteiger partial charge on any atom is 0.378 e. The molecule has 140 valence electrons. The number of aromatic nitrogens is 3. The third kappa shape index (κ3) is 4.39. The van der Waals surface area contributed by atoms with Crippen LogP contribution in [0.15, 0.2) is 59.5 Å². The fourth-order valence-corrected chi connectivity index (χ4v) is 3.02. The van der Waals surface area contributed by atoms with Crippen LogP contribution >= 0.6 is 0 Å². The summed E-state index contributed by atoms with van der Waals surface area (Å²) < 4.78 is 29.3. The van der Waals surface area contributed by atoms with Gasteiger partial charge >= 0.3 is 5.97 Å². The summed E-state index contributed by atoms with van der Waals surface area (Å²) in [5, 5.41) is 9.37. The largest absolute Gasteiger partial charge is 0.460 e. The van der Waals surface area contributed by atoms with Crippen LogP contribution in [0, 0.1) is 0 Å². The van der Waals surface area contributed by atoms with E-state index in [-0.39, 0.29) is 17.3 Å². The van der Waals surface area contributed by atoms with Gasteiger partial charge < -0.3 is 4.74 Å². The van der Waals surface area contributed by atoms with Crippen molar-refractivity contribution in [3.05, 3.63) is 71.8 Å². The van der Waals surface area contributed by atoms with Crippen molar-refractivity contribution >= 4 is 16.0 Å². The fraction of sp³-hybridized carbons (Fsp3) is 0.167. The zero-order valence-electron chi connectivity index (χ0n) is 14.6. The molecule has 0 saturated carbocycles. The van der Waals surface area contributed by atoms with E-state index in [1.807, 2.05) is 30.3 Å². The highest BCUT2D eigenvalue weighted by molar-refractivity contribution is 7.89. The lowest BCUT2D eigenvalue weighted by Crippen LogP contribution is -2.12. The van der Waals surface area contributed by atoms with Crippen molar-refractivity contribution in [3.8, 4) is 5.69 Å². The Labute approximate surface area is 156 Å². The van der Waals surface area contributed by atoms with Crippen molar-refractivity contribution in [1.29, 1.82) is 0 Å². The Bertz CT molecular complexity index is 1040. The molecular weight excluding hydrogens is 368 g/mol. The number of ether oxygens (including phenoxy) is 1. The molecule has 2 aromatic carbocycles. The Hall–Kier alpha value is -3.04. The van der Waals surface area contributed by atoms with E-state index in [0.29, 0.717) is 17.9 Å². The second-order valence-electron chi connectivity index (χ2n) is 5.69. The summed E-state index contributed by atoms with van der Waals surface area (Å²) in [6.45, 7) is 1.91. The van der Waals surface area contributed by atoms with Gasteiger partial charge in [0.05, 0.1) is 17.2 Å². The Morgan fingerprint density at radius 2 is 1.78 bits per heavy atom. The normalized spacial score (nSPS) is 11.3. The van der Waals surface area contributed by atoms with Crippen LogP contribution in [0.2, 0.25) is 0 Å². The van der Waals surface area contributed by atoms with Crippen molar-refractivity contribution < 1.29 is 17.9 Å². The SMILES string of the molecule is CCOC(=O)c1nc(Cc2ccccc2)n(-c2ccc(S(N)(=O)=O)cc2)n1. The van der Waals surface area contributed by atoms with Gasteiger partial charge in [-0.25, -0.2) is 28.0 Å². The molecule has 1 aromatic heterocycles. The van der Waals surface area contributed by atoms with E-state index < -0.39 is 16.0 Å². The molecule has 0 aliphatic carbocycles. The molecule has 0 amide bonds.